The summed E-state index contributed by atoms with van der Waals surface area (Å²) in [7, 11) is 3.82. The van der Waals surface area contributed by atoms with Crippen LogP contribution in [0.2, 0.25) is 5.02 Å². The van der Waals surface area contributed by atoms with Crippen LogP contribution in [0.25, 0.3) is 6.08 Å². The van der Waals surface area contributed by atoms with E-state index >= 15 is 0 Å². The first kappa shape index (κ1) is 15.1. The highest BCUT2D eigenvalue weighted by molar-refractivity contribution is 6.33. The number of hydrogen-bond acceptors (Lipinski definition) is 3. The molecule has 0 bridgehead atoms. The fraction of sp³-hybridized carbons (Fsp3) is 0.200. The lowest BCUT2D eigenvalue weighted by atomic mass is 10.1. The second-order valence-electron chi connectivity index (χ2n) is 4.66. The van der Waals surface area contributed by atoms with Gasteiger partial charge in [-0.05, 0) is 17.7 Å². The van der Waals surface area contributed by atoms with Gasteiger partial charge in [0.05, 0.1) is 17.3 Å². The first-order chi connectivity index (χ1) is 9.99. The minimum Gasteiger partial charge on any atom is -0.478 e. The van der Waals surface area contributed by atoms with Gasteiger partial charge in [0, 0.05) is 32.6 Å². The number of rotatable bonds is 5. The molecule has 21 heavy (non-hydrogen) atoms. The molecule has 0 radical (unpaired) electrons. The van der Waals surface area contributed by atoms with Crippen molar-refractivity contribution in [1.82, 2.24) is 9.55 Å². The SMILES string of the molecule is CN(Cc1nccn1C)c1c(Cl)cccc1/C=C/C(=O)O. The normalized spacial score (nSPS) is 11.0. The molecule has 0 atom stereocenters. The number of nitrogens with zero attached hydrogens (tertiary/aromatic N) is 3. The molecule has 0 amide bonds. The molecule has 2 aromatic rings. The summed E-state index contributed by atoms with van der Waals surface area (Å²) in [5.74, 6) is -0.0988. The maximum atomic E-state index is 10.7. The van der Waals surface area contributed by atoms with Crippen molar-refractivity contribution in [2.24, 2.45) is 7.05 Å². The Bertz CT molecular complexity index is 679. The van der Waals surface area contributed by atoms with Crippen LogP contribution < -0.4 is 4.90 Å². The fourth-order valence-electron chi connectivity index (χ4n) is 2.07. The summed E-state index contributed by atoms with van der Waals surface area (Å²) in [6.07, 6.45) is 6.25. The molecular weight excluding hydrogens is 290 g/mol. The van der Waals surface area contributed by atoms with Crippen molar-refractivity contribution in [3.8, 4) is 0 Å². The van der Waals surface area contributed by atoms with E-state index in [4.69, 9.17) is 16.7 Å². The van der Waals surface area contributed by atoms with Gasteiger partial charge in [-0.25, -0.2) is 9.78 Å². The highest BCUT2D eigenvalue weighted by Crippen LogP contribution is 2.30. The number of aliphatic carboxylic acids is 1. The Morgan fingerprint density at radius 2 is 2.29 bits per heavy atom. The van der Waals surface area contributed by atoms with Crippen LogP contribution in [0, 0.1) is 0 Å². The fourth-order valence-corrected chi connectivity index (χ4v) is 2.40. The number of carboxylic acids is 1. The Labute approximate surface area is 128 Å². The summed E-state index contributed by atoms with van der Waals surface area (Å²) in [5, 5.41) is 9.34. The summed E-state index contributed by atoms with van der Waals surface area (Å²) in [6.45, 7) is 0.571. The van der Waals surface area contributed by atoms with Gasteiger partial charge in [0.25, 0.3) is 0 Å². The van der Waals surface area contributed by atoms with Crippen LogP contribution in [0.15, 0.2) is 36.7 Å². The number of aryl methyl sites for hydroxylation is 1. The Morgan fingerprint density at radius 3 is 2.90 bits per heavy atom. The molecule has 5 nitrogen and oxygen atoms in total. The van der Waals surface area contributed by atoms with E-state index < -0.39 is 5.97 Å². The van der Waals surface area contributed by atoms with Crippen molar-refractivity contribution in [3.05, 3.63) is 53.1 Å². The maximum Gasteiger partial charge on any atom is 0.328 e. The van der Waals surface area contributed by atoms with Crippen molar-refractivity contribution < 1.29 is 9.90 Å². The van der Waals surface area contributed by atoms with Crippen LogP contribution in [0.3, 0.4) is 0 Å². The van der Waals surface area contributed by atoms with Gasteiger partial charge in [-0.2, -0.15) is 0 Å². The molecule has 110 valence electrons. The first-order valence-electron chi connectivity index (χ1n) is 6.36. The summed E-state index contributed by atoms with van der Waals surface area (Å²) < 4.78 is 1.93. The predicted octanol–water partition coefficient (Wildman–Crippen LogP) is 2.81. The highest BCUT2D eigenvalue weighted by Gasteiger charge is 2.12. The smallest absolute Gasteiger partial charge is 0.328 e. The highest BCUT2D eigenvalue weighted by atomic mass is 35.5. The van der Waals surface area contributed by atoms with E-state index in [1.54, 1.807) is 24.4 Å². The molecule has 0 saturated heterocycles. The van der Waals surface area contributed by atoms with Crippen LogP contribution in [-0.2, 0) is 18.4 Å². The molecule has 0 unspecified atom stereocenters. The number of imidazole rings is 1. The lowest BCUT2D eigenvalue weighted by Gasteiger charge is -2.22. The number of carbonyl (C=O) groups is 1. The van der Waals surface area contributed by atoms with Gasteiger partial charge in [-0.1, -0.05) is 23.7 Å². The van der Waals surface area contributed by atoms with E-state index in [2.05, 4.69) is 4.98 Å². The van der Waals surface area contributed by atoms with E-state index in [1.807, 2.05) is 35.8 Å². The van der Waals surface area contributed by atoms with E-state index in [-0.39, 0.29) is 0 Å². The van der Waals surface area contributed by atoms with E-state index in [0.717, 1.165) is 23.2 Å². The molecule has 0 saturated carbocycles. The molecule has 0 aliphatic carbocycles. The molecular formula is C15H16ClN3O2. The van der Waals surface area contributed by atoms with Crippen molar-refractivity contribution >= 4 is 29.3 Å². The average Bonchev–Trinajstić information content (AvgIpc) is 2.81. The molecule has 6 heteroatoms. The monoisotopic (exact) mass is 305 g/mol. The Morgan fingerprint density at radius 1 is 1.52 bits per heavy atom. The number of aromatic nitrogens is 2. The molecule has 2 rings (SSSR count). The number of halogens is 1. The second-order valence-corrected chi connectivity index (χ2v) is 5.07. The van der Waals surface area contributed by atoms with Crippen molar-refractivity contribution in [1.29, 1.82) is 0 Å². The lowest BCUT2D eigenvalue weighted by molar-refractivity contribution is -0.131. The number of para-hydroxylation sites is 1. The van der Waals surface area contributed by atoms with Crippen LogP contribution in [0.1, 0.15) is 11.4 Å². The number of benzene rings is 1. The standard InChI is InChI=1S/C15H16ClN3O2/c1-18-9-8-17-13(18)10-19(2)15-11(6-7-14(20)21)4-3-5-12(15)16/h3-9H,10H2,1-2H3,(H,20,21)/b7-6+. The minimum atomic E-state index is -0.993. The summed E-state index contributed by atoms with van der Waals surface area (Å²) >= 11 is 6.27. The van der Waals surface area contributed by atoms with Gasteiger partial charge < -0.3 is 14.6 Å². The van der Waals surface area contributed by atoms with Crippen LogP contribution in [0.4, 0.5) is 5.69 Å². The predicted molar refractivity (Wildman–Crippen MR) is 83.4 cm³/mol. The quantitative estimate of drug-likeness (QED) is 0.863. The van der Waals surface area contributed by atoms with Crippen molar-refractivity contribution in [2.45, 2.75) is 6.54 Å². The van der Waals surface area contributed by atoms with Gasteiger partial charge in [-0.3, -0.25) is 0 Å². The largest absolute Gasteiger partial charge is 0.478 e. The van der Waals surface area contributed by atoms with E-state index in [0.29, 0.717) is 11.6 Å². The zero-order valence-electron chi connectivity index (χ0n) is 11.8. The molecule has 0 spiro atoms. The Kier molecular flexibility index (Phi) is 4.65. The second kappa shape index (κ2) is 6.45. The van der Waals surface area contributed by atoms with Crippen molar-refractivity contribution in [3.63, 3.8) is 0 Å². The zero-order chi connectivity index (χ0) is 15.4. The molecule has 1 N–H and O–H groups in total. The third kappa shape index (κ3) is 3.64. The summed E-state index contributed by atoms with van der Waals surface area (Å²) in [5.41, 5.74) is 1.53. The van der Waals surface area contributed by atoms with Gasteiger partial charge >= 0.3 is 5.97 Å². The van der Waals surface area contributed by atoms with E-state index in [1.165, 1.54) is 0 Å². The Balaban J connectivity index is 2.33. The lowest BCUT2D eigenvalue weighted by Crippen LogP contribution is -2.20. The molecule has 1 heterocycles. The van der Waals surface area contributed by atoms with Gasteiger partial charge in [0.2, 0.25) is 0 Å². The maximum absolute atomic E-state index is 10.7. The number of carboxylic acid groups (broad SMARTS) is 1. The number of hydrogen-bond donors (Lipinski definition) is 1. The third-order valence-electron chi connectivity index (χ3n) is 3.10. The molecule has 1 aromatic heterocycles. The summed E-state index contributed by atoms with van der Waals surface area (Å²) in [4.78, 5) is 16.9. The summed E-state index contributed by atoms with van der Waals surface area (Å²) in [6, 6.07) is 5.40. The zero-order valence-corrected chi connectivity index (χ0v) is 12.6. The molecule has 0 aliphatic rings. The minimum absolute atomic E-state index is 0.569. The van der Waals surface area contributed by atoms with Crippen molar-refractivity contribution in [2.75, 3.05) is 11.9 Å². The third-order valence-corrected chi connectivity index (χ3v) is 3.41. The van der Waals surface area contributed by atoms with Crippen LogP contribution >= 0.6 is 11.6 Å². The van der Waals surface area contributed by atoms with Gasteiger partial charge in [0.15, 0.2) is 0 Å². The molecule has 1 aromatic carbocycles. The molecule has 0 aliphatic heterocycles. The topological polar surface area (TPSA) is 58.4 Å². The average molecular weight is 306 g/mol. The van der Waals surface area contributed by atoms with Gasteiger partial charge in [-0.15, -0.1) is 0 Å². The van der Waals surface area contributed by atoms with Crippen LogP contribution in [0.5, 0.6) is 0 Å². The van der Waals surface area contributed by atoms with Gasteiger partial charge in [0.1, 0.15) is 5.82 Å². The van der Waals surface area contributed by atoms with Crippen LogP contribution in [-0.4, -0.2) is 27.7 Å². The van der Waals surface area contributed by atoms with E-state index in [9.17, 15) is 4.79 Å². The first-order valence-corrected chi connectivity index (χ1v) is 6.73. The molecule has 0 fully saturated rings. The Hall–Kier alpha value is -2.27. The number of anilines is 1.